The van der Waals surface area contributed by atoms with Crippen LogP contribution in [0, 0.1) is 0 Å². The number of esters is 2. The first-order valence-electron chi connectivity index (χ1n) is 15.5. The maximum absolute atomic E-state index is 12.2. The van der Waals surface area contributed by atoms with E-state index in [-0.39, 0.29) is 25.2 Å². The smallest absolute Gasteiger partial charge is 0.306 e. The van der Waals surface area contributed by atoms with Crippen LogP contribution in [0.25, 0.3) is 0 Å². The van der Waals surface area contributed by atoms with Gasteiger partial charge >= 0.3 is 11.9 Å². The molecule has 0 saturated heterocycles. The van der Waals surface area contributed by atoms with E-state index in [0.717, 1.165) is 38.5 Å². The van der Waals surface area contributed by atoms with Crippen LogP contribution in [-0.4, -0.2) is 31.3 Å². The number of rotatable bonds is 28. The van der Waals surface area contributed by atoms with E-state index in [4.69, 9.17) is 14.0 Å². The first-order chi connectivity index (χ1) is 18.1. The minimum Gasteiger partial charge on any atom is -0.462 e. The summed E-state index contributed by atoms with van der Waals surface area (Å²) in [5.74, 6) is -0.465. The van der Waals surface area contributed by atoms with E-state index in [9.17, 15) is 9.59 Å². The van der Waals surface area contributed by atoms with Gasteiger partial charge in [0.25, 0.3) is 0 Å². The summed E-state index contributed by atoms with van der Waals surface area (Å²) in [7, 11) is 2.16. The third-order valence-corrected chi connectivity index (χ3v) is 6.83. The van der Waals surface area contributed by atoms with E-state index in [1.165, 1.54) is 89.9 Å². The summed E-state index contributed by atoms with van der Waals surface area (Å²) in [6.45, 7) is 4.74. The summed E-state index contributed by atoms with van der Waals surface area (Å²) in [5, 5.41) is 0. The molecule has 0 N–H and O–H groups in total. The summed E-state index contributed by atoms with van der Waals surface area (Å²) in [4.78, 5) is 24.2. The van der Waals surface area contributed by atoms with Crippen LogP contribution in [0.3, 0.4) is 0 Å². The second-order valence-electron chi connectivity index (χ2n) is 10.3. The van der Waals surface area contributed by atoms with Crippen LogP contribution in [0.4, 0.5) is 0 Å². The van der Waals surface area contributed by atoms with E-state index < -0.39 is 6.10 Å². The number of allylic oxidation sites excluding steroid dienone is 2. The second-order valence-corrected chi connectivity index (χ2v) is 10.7. The Morgan fingerprint density at radius 3 is 1.57 bits per heavy atom. The van der Waals surface area contributed by atoms with E-state index in [1.54, 1.807) is 0 Å². The molecule has 0 aromatic rings. The Balaban J connectivity index is 3.72. The first kappa shape index (κ1) is 36.1. The lowest BCUT2D eigenvalue weighted by atomic mass is 10.1. The van der Waals surface area contributed by atoms with Gasteiger partial charge in [-0.2, -0.15) is 0 Å². The summed E-state index contributed by atoms with van der Waals surface area (Å²) < 4.78 is 15.9. The third-order valence-electron chi connectivity index (χ3n) is 6.64. The number of hydrogen-bond acceptors (Lipinski definition) is 5. The van der Waals surface area contributed by atoms with Gasteiger partial charge in [0, 0.05) is 22.3 Å². The highest BCUT2D eigenvalue weighted by Crippen LogP contribution is 2.13. The highest BCUT2D eigenvalue weighted by Gasteiger charge is 2.17. The largest absolute Gasteiger partial charge is 0.462 e. The van der Waals surface area contributed by atoms with Crippen molar-refractivity contribution in [1.82, 2.24) is 0 Å². The van der Waals surface area contributed by atoms with Gasteiger partial charge in [-0.05, 0) is 38.5 Å². The van der Waals surface area contributed by atoms with Gasteiger partial charge in [0.2, 0.25) is 0 Å². The summed E-state index contributed by atoms with van der Waals surface area (Å²) in [5.41, 5.74) is 0. The molecule has 0 spiro atoms. The van der Waals surface area contributed by atoms with Crippen LogP contribution >= 0.6 is 9.47 Å². The molecule has 0 radical (unpaired) electrons. The van der Waals surface area contributed by atoms with Gasteiger partial charge in [0.05, 0.1) is 6.61 Å². The van der Waals surface area contributed by atoms with Gasteiger partial charge in [-0.1, -0.05) is 116 Å². The molecule has 0 rings (SSSR count). The fraction of sp³-hybridized carbons (Fsp3) is 0.871. The van der Waals surface area contributed by atoms with Gasteiger partial charge in [-0.25, -0.2) is 0 Å². The van der Waals surface area contributed by atoms with Crippen molar-refractivity contribution in [3.05, 3.63) is 12.2 Å². The third kappa shape index (κ3) is 27.9. The Hall–Kier alpha value is -0.930. The fourth-order valence-corrected chi connectivity index (χ4v) is 4.51. The molecule has 0 bridgehead atoms. The molecule has 218 valence electrons. The average Bonchev–Trinajstić information content (AvgIpc) is 2.89. The van der Waals surface area contributed by atoms with Crippen molar-refractivity contribution in [1.29, 1.82) is 0 Å². The molecule has 1 unspecified atom stereocenters. The number of hydrogen-bond donors (Lipinski definition) is 0. The minimum absolute atomic E-state index is 0.0582. The highest BCUT2D eigenvalue weighted by molar-refractivity contribution is 7.09. The Labute approximate surface area is 231 Å². The van der Waals surface area contributed by atoms with Crippen molar-refractivity contribution in [3.8, 4) is 0 Å². The Bertz CT molecular complexity index is 538. The maximum atomic E-state index is 12.2. The van der Waals surface area contributed by atoms with Crippen LogP contribution < -0.4 is 0 Å². The van der Waals surface area contributed by atoms with E-state index in [1.807, 2.05) is 0 Å². The molecule has 6 heteroatoms. The Kier molecular flexibility index (Phi) is 28.9. The molecule has 0 aliphatic rings. The molecule has 5 nitrogen and oxygen atoms in total. The molecule has 0 fully saturated rings. The number of carbonyl (C=O) groups excluding carboxylic acids is 2. The molecular weight excluding hydrogens is 483 g/mol. The van der Waals surface area contributed by atoms with Gasteiger partial charge in [-0.15, -0.1) is 0 Å². The molecule has 0 aliphatic heterocycles. The van der Waals surface area contributed by atoms with Gasteiger partial charge in [0.1, 0.15) is 6.61 Å². The van der Waals surface area contributed by atoms with E-state index >= 15 is 0 Å². The zero-order valence-electron chi connectivity index (χ0n) is 24.3. The quantitative estimate of drug-likeness (QED) is 0.0426. The van der Waals surface area contributed by atoms with Gasteiger partial charge < -0.3 is 14.0 Å². The molecule has 0 saturated carbocycles. The molecule has 0 heterocycles. The average molecular weight is 543 g/mol. The minimum atomic E-state index is -0.550. The SMILES string of the molecule is CCCCC/C=C\CCCCCCCC(=O)O[C@H](COP)COC(=O)CCCCCCCCCCCC. The second kappa shape index (κ2) is 29.6. The molecule has 0 aliphatic carbocycles. The lowest BCUT2D eigenvalue weighted by molar-refractivity contribution is -0.160. The molecule has 0 amide bonds. The van der Waals surface area contributed by atoms with Gasteiger partial charge in [-0.3, -0.25) is 9.59 Å². The van der Waals surface area contributed by atoms with E-state index in [2.05, 4.69) is 35.5 Å². The fourth-order valence-electron chi connectivity index (χ4n) is 4.29. The molecule has 37 heavy (non-hydrogen) atoms. The molecule has 0 aromatic heterocycles. The summed E-state index contributed by atoms with van der Waals surface area (Å²) in [6.07, 6.45) is 28.9. The van der Waals surface area contributed by atoms with Crippen LogP contribution in [0.1, 0.15) is 155 Å². The highest BCUT2D eigenvalue weighted by atomic mass is 31.0. The van der Waals surface area contributed by atoms with Crippen LogP contribution in [-0.2, 0) is 23.6 Å². The van der Waals surface area contributed by atoms with Crippen molar-refractivity contribution in [2.45, 2.75) is 161 Å². The Morgan fingerprint density at radius 1 is 0.595 bits per heavy atom. The summed E-state index contributed by atoms with van der Waals surface area (Å²) >= 11 is 0. The van der Waals surface area contributed by atoms with Gasteiger partial charge in [0.15, 0.2) is 6.10 Å². The normalized spacial score (nSPS) is 12.2. The first-order valence-corrected chi connectivity index (χ1v) is 15.9. The number of carbonyl (C=O) groups is 2. The predicted molar refractivity (Wildman–Crippen MR) is 159 cm³/mol. The molecular formula is C31H59O5P. The van der Waals surface area contributed by atoms with Crippen LogP contribution in [0.15, 0.2) is 12.2 Å². The van der Waals surface area contributed by atoms with Crippen molar-refractivity contribution < 1.29 is 23.6 Å². The molecule has 2 atom stereocenters. The van der Waals surface area contributed by atoms with Crippen LogP contribution in [0.5, 0.6) is 0 Å². The van der Waals surface area contributed by atoms with Crippen molar-refractivity contribution in [2.24, 2.45) is 0 Å². The Morgan fingerprint density at radius 2 is 1.03 bits per heavy atom. The number of unbranched alkanes of at least 4 members (excludes halogenated alkanes) is 17. The van der Waals surface area contributed by atoms with Crippen molar-refractivity contribution in [3.63, 3.8) is 0 Å². The lowest BCUT2D eigenvalue weighted by Crippen LogP contribution is -2.28. The maximum Gasteiger partial charge on any atom is 0.306 e. The van der Waals surface area contributed by atoms with E-state index in [0.29, 0.717) is 12.8 Å². The van der Waals surface area contributed by atoms with Crippen LogP contribution in [0.2, 0.25) is 0 Å². The zero-order valence-corrected chi connectivity index (χ0v) is 25.5. The topological polar surface area (TPSA) is 61.8 Å². The van der Waals surface area contributed by atoms with Crippen molar-refractivity contribution in [2.75, 3.05) is 13.2 Å². The standard InChI is InChI=1S/C31H59O5P/c1-3-5-7-9-11-13-15-16-18-20-22-24-26-31(33)36-29(28-35-37)27-34-30(32)25-23-21-19-17-14-12-10-8-6-4-2/h11,13,29H,3-10,12,14-28,37H2,1-2H3/b13-11-/t29-/m0/s1. The monoisotopic (exact) mass is 542 g/mol. The summed E-state index contributed by atoms with van der Waals surface area (Å²) in [6, 6.07) is 0. The molecule has 0 aromatic carbocycles. The zero-order chi connectivity index (χ0) is 27.2. The number of ether oxygens (including phenoxy) is 2. The predicted octanol–water partition coefficient (Wildman–Crippen LogP) is 9.43. The lowest BCUT2D eigenvalue weighted by Gasteiger charge is -2.17. The van der Waals surface area contributed by atoms with Crippen molar-refractivity contribution >= 4 is 21.4 Å².